The standard InChI is InChI=1S/C25H19N7O2S2/c1-16-12-14-19(15-13-16)32-24(20(28-30-32)22(33)26-17-8-4-2-5-9-17)35-25-21(29-31-36-25)23(34)27-18-10-6-3-7-11-18/h2-15H,1H3,(H,26,33)(H,27,34). The van der Waals surface area contributed by atoms with E-state index in [1.165, 1.54) is 11.8 Å². The van der Waals surface area contributed by atoms with Gasteiger partial charge >= 0.3 is 0 Å². The third-order valence-electron chi connectivity index (χ3n) is 5.05. The number of aryl methyl sites for hydroxylation is 1. The van der Waals surface area contributed by atoms with Crippen LogP contribution in [0.4, 0.5) is 11.4 Å². The molecule has 9 nitrogen and oxygen atoms in total. The van der Waals surface area contributed by atoms with Crippen molar-refractivity contribution in [1.29, 1.82) is 0 Å². The topological polar surface area (TPSA) is 115 Å². The summed E-state index contributed by atoms with van der Waals surface area (Å²) in [4.78, 5) is 26.1. The van der Waals surface area contributed by atoms with Crippen molar-refractivity contribution >= 4 is 46.5 Å². The van der Waals surface area contributed by atoms with Crippen LogP contribution in [0, 0.1) is 6.92 Å². The van der Waals surface area contributed by atoms with Gasteiger partial charge in [-0.15, -0.1) is 10.2 Å². The zero-order chi connectivity index (χ0) is 24.9. The highest BCUT2D eigenvalue weighted by Crippen LogP contribution is 2.36. The first-order chi connectivity index (χ1) is 17.6. The average Bonchev–Trinajstić information content (AvgIpc) is 3.53. The van der Waals surface area contributed by atoms with E-state index in [-0.39, 0.29) is 11.4 Å². The number of benzene rings is 3. The molecule has 2 heterocycles. The van der Waals surface area contributed by atoms with Gasteiger partial charge in [0.2, 0.25) is 0 Å². The highest BCUT2D eigenvalue weighted by molar-refractivity contribution is 8.01. The quantitative estimate of drug-likeness (QED) is 0.312. The van der Waals surface area contributed by atoms with Crippen LogP contribution in [0.3, 0.4) is 0 Å². The fourth-order valence-corrected chi connectivity index (χ4v) is 5.03. The van der Waals surface area contributed by atoms with E-state index in [9.17, 15) is 9.59 Å². The normalized spacial score (nSPS) is 10.7. The van der Waals surface area contributed by atoms with Crippen LogP contribution in [0.1, 0.15) is 26.5 Å². The third kappa shape index (κ3) is 5.16. The Balaban J connectivity index is 1.49. The first-order valence-electron chi connectivity index (χ1n) is 10.8. The second kappa shape index (κ2) is 10.5. The Morgan fingerprint density at radius 2 is 1.36 bits per heavy atom. The number of amides is 2. The van der Waals surface area contributed by atoms with Crippen LogP contribution < -0.4 is 10.6 Å². The first kappa shape index (κ1) is 23.4. The van der Waals surface area contributed by atoms with Gasteiger partial charge < -0.3 is 10.6 Å². The van der Waals surface area contributed by atoms with Gasteiger partial charge in [-0.2, -0.15) is 0 Å². The molecule has 0 saturated carbocycles. The Kier molecular flexibility index (Phi) is 6.83. The number of rotatable bonds is 7. The van der Waals surface area contributed by atoms with E-state index in [0.29, 0.717) is 20.6 Å². The number of hydrogen-bond acceptors (Lipinski definition) is 8. The zero-order valence-electron chi connectivity index (χ0n) is 19.0. The predicted octanol–water partition coefficient (Wildman–Crippen LogP) is 5.08. The second-order valence-corrected chi connectivity index (χ2v) is 9.65. The van der Waals surface area contributed by atoms with Crippen molar-refractivity contribution in [2.24, 2.45) is 0 Å². The van der Waals surface area contributed by atoms with Crippen LogP contribution in [0.25, 0.3) is 5.69 Å². The Morgan fingerprint density at radius 3 is 1.97 bits per heavy atom. The van der Waals surface area contributed by atoms with Crippen molar-refractivity contribution in [3.8, 4) is 5.69 Å². The number of aromatic nitrogens is 5. The fourth-order valence-electron chi connectivity index (χ4n) is 3.26. The summed E-state index contributed by atoms with van der Waals surface area (Å²) < 4.78 is 6.06. The SMILES string of the molecule is Cc1ccc(-n2nnc(C(=O)Nc3ccccc3)c2Sc2snnc2C(=O)Nc2ccccc2)cc1. The summed E-state index contributed by atoms with van der Waals surface area (Å²) in [5.41, 5.74) is 3.35. The molecule has 2 N–H and O–H groups in total. The van der Waals surface area contributed by atoms with Gasteiger partial charge in [-0.05, 0) is 54.9 Å². The molecule has 0 unspecified atom stereocenters. The van der Waals surface area contributed by atoms with Gasteiger partial charge in [-0.3, -0.25) is 9.59 Å². The minimum Gasteiger partial charge on any atom is -0.321 e. The molecule has 0 fully saturated rings. The van der Waals surface area contributed by atoms with Crippen molar-refractivity contribution in [2.75, 3.05) is 10.6 Å². The van der Waals surface area contributed by atoms with Crippen LogP contribution in [-0.4, -0.2) is 36.4 Å². The van der Waals surface area contributed by atoms with Crippen molar-refractivity contribution in [3.05, 3.63) is 102 Å². The van der Waals surface area contributed by atoms with Gasteiger partial charge in [0.1, 0.15) is 9.24 Å². The first-order valence-corrected chi connectivity index (χ1v) is 12.4. The molecule has 2 aromatic heterocycles. The molecular formula is C25H19N7O2S2. The lowest BCUT2D eigenvalue weighted by atomic mass is 10.2. The molecule has 3 aromatic carbocycles. The number of nitrogens with zero attached hydrogens (tertiary/aromatic N) is 5. The molecule has 0 atom stereocenters. The predicted molar refractivity (Wildman–Crippen MR) is 139 cm³/mol. The number of nitrogens with one attached hydrogen (secondary N) is 2. The molecule has 0 radical (unpaired) electrons. The number of carbonyl (C=O) groups is 2. The number of hydrogen-bond donors (Lipinski definition) is 2. The molecule has 0 spiro atoms. The Bertz CT molecular complexity index is 1500. The monoisotopic (exact) mass is 513 g/mol. The molecule has 5 aromatic rings. The van der Waals surface area contributed by atoms with E-state index < -0.39 is 11.8 Å². The minimum absolute atomic E-state index is 0.118. The van der Waals surface area contributed by atoms with Gasteiger partial charge in [0.25, 0.3) is 11.8 Å². The summed E-state index contributed by atoms with van der Waals surface area (Å²) in [6, 6.07) is 25.9. The van der Waals surface area contributed by atoms with E-state index in [1.54, 1.807) is 28.9 Å². The lowest BCUT2D eigenvalue weighted by molar-refractivity contribution is 0.101. The Labute approximate surface area is 214 Å². The summed E-state index contributed by atoms with van der Waals surface area (Å²) in [5, 5.41) is 18.6. The molecule has 0 aliphatic heterocycles. The number of para-hydroxylation sites is 2. The fraction of sp³-hybridized carbons (Fsp3) is 0.0400. The van der Waals surface area contributed by atoms with Crippen LogP contribution in [0.5, 0.6) is 0 Å². The lowest BCUT2D eigenvalue weighted by Crippen LogP contribution is -2.15. The van der Waals surface area contributed by atoms with Crippen LogP contribution >= 0.6 is 23.3 Å². The average molecular weight is 514 g/mol. The smallest absolute Gasteiger partial charge is 0.279 e. The van der Waals surface area contributed by atoms with E-state index >= 15 is 0 Å². The summed E-state index contributed by atoms with van der Waals surface area (Å²) in [7, 11) is 0. The van der Waals surface area contributed by atoms with E-state index in [4.69, 9.17) is 0 Å². The second-order valence-electron chi connectivity index (χ2n) is 7.64. The van der Waals surface area contributed by atoms with Crippen LogP contribution in [0.2, 0.25) is 0 Å². The van der Waals surface area contributed by atoms with Crippen molar-refractivity contribution < 1.29 is 9.59 Å². The molecular weight excluding hydrogens is 494 g/mol. The van der Waals surface area contributed by atoms with Gasteiger partial charge in [-0.1, -0.05) is 75.6 Å². The summed E-state index contributed by atoms with van der Waals surface area (Å²) in [6.07, 6.45) is 0. The van der Waals surface area contributed by atoms with Crippen molar-refractivity contribution in [2.45, 2.75) is 16.2 Å². The Morgan fingerprint density at radius 1 is 0.778 bits per heavy atom. The van der Waals surface area contributed by atoms with E-state index in [1.807, 2.05) is 67.6 Å². The van der Waals surface area contributed by atoms with Gasteiger partial charge in [0, 0.05) is 11.4 Å². The molecule has 5 rings (SSSR count). The van der Waals surface area contributed by atoms with E-state index in [2.05, 4.69) is 30.5 Å². The van der Waals surface area contributed by atoms with Gasteiger partial charge in [-0.25, -0.2) is 4.68 Å². The molecule has 0 aliphatic rings. The third-order valence-corrected chi connectivity index (χ3v) is 6.98. The molecule has 0 aliphatic carbocycles. The van der Waals surface area contributed by atoms with Crippen LogP contribution in [0.15, 0.2) is 94.2 Å². The summed E-state index contributed by atoms with van der Waals surface area (Å²) >= 11 is 2.23. The maximum atomic E-state index is 13.2. The van der Waals surface area contributed by atoms with Crippen molar-refractivity contribution in [1.82, 2.24) is 24.6 Å². The highest BCUT2D eigenvalue weighted by atomic mass is 32.2. The minimum atomic E-state index is -0.421. The molecule has 0 bridgehead atoms. The van der Waals surface area contributed by atoms with Gasteiger partial charge in [0.15, 0.2) is 11.4 Å². The van der Waals surface area contributed by atoms with Crippen molar-refractivity contribution in [3.63, 3.8) is 0 Å². The van der Waals surface area contributed by atoms with E-state index in [0.717, 1.165) is 22.8 Å². The number of anilines is 2. The molecule has 36 heavy (non-hydrogen) atoms. The molecule has 178 valence electrons. The highest BCUT2D eigenvalue weighted by Gasteiger charge is 2.26. The molecule has 0 saturated heterocycles. The molecule has 11 heteroatoms. The maximum absolute atomic E-state index is 13.2. The zero-order valence-corrected chi connectivity index (χ0v) is 20.6. The largest absolute Gasteiger partial charge is 0.321 e. The summed E-state index contributed by atoms with van der Waals surface area (Å²) in [6.45, 7) is 1.99. The molecule has 2 amide bonds. The summed E-state index contributed by atoms with van der Waals surface area (Å²) in [5.74, 6) is -0.822. The van der Waals surface area contributed by atoms with Crippen LogP contribution in [-0.2, 0) is 0 Å². The number of carbonyl (C=O) groups excluding carboxylic acids is 2. The lowest BCUT2D eigenvalue weighted by Gasteiger charge is -2.09. The Hall–Kier alpha value is -4.35. The van der Waals surface area contributed by atoms with Gasteiger partial charge in [0.05, 0.1) is 5.69 Å². The maximum Gasteiger partial charge on any atom is 0.279 e.